The fourth-order valence-electron chi connectivity index (χ4n) is 3.27. The average molecular weight is 490 g/mol. The van der Waals surface area contributed by atoms with E-state index >= 15 is 0 Å². The number of anilines is 1. The number of guanidine groups is 1. The highest BCUT2D eigenvalue weighted by Gasteiger charge is 2.21. The Kier molecular flexibility index (Phi) is 11.5. The van der Waals surface area contributed by atoms with Gasteiger partial charge in [0.1, 0.15) is 0 Å². The maximum absolute atomic E-state index is 5.58. The predicted molar refractivity (Wildman–Crippen MR) is 124 cm³/mol. The lowest BCUT2D eigenvalue weighted by atomic mass is 10.1. The lowest BCUT2D eigenvalue weighted by Crippen LogP contribution is -2.31. The van der Waals surface area contributed by atoms with Crippen molar-refractivity contribution in [1.82, 2.24) is 10.2 Å². The zero-order chi connectivity index (χ0) is 18.8. The Balaban J connectivity index is 0.00000364. The van der Waals surface area contributed by atoms with E-state index in [-0.39, 0.29) is 24.0 Å². The van der Waals surface area contributed by atoms with Crippen molar-refractivity contribution in [1.29, 1.82) is 0 Å². The molecule has 1 atom stereocenters. The maximum atomic E-state index is 5.58. The van der Waals surface area contributed by atoms with Crippen molar-refractivity contribution in [2.45, 2.75) is 33.6 Å². The van der Waals surface area contributed by atoms with Crippen molar-refractivity contribution >= 4 is 35.6 Å². The standard InChI is InChI=1S/C20H34N4O2.HI/c1-5-11-24-12-10-16(15-24)14-22-20(21-6-2)23-17-8-9-18(26-7-3)19(13-17)25-4;/h8-9,13,16H,5-7,10-12,14-15H2,1-4H3,(H2,21,22,23);1H. The van der Waals surface area contributed by atoms with Crippen LogP contribution in [0.25, 0.3) is 0 Å². The zero-order valence-electron chi connectivity index (χ0n) is 17.1. The van der Waals surface area contributed by atoms with E-state index in [1.165, 1.54) is 25.9 Å². The van der Waals surface area contributed by atoms with Crippen LogP contribution in [0.4, 0.5) is 5.69 Å². The molecule has 1 aliphatic heterocycles. The van der Waals surface area contributed by atoms with Crippen molar-refractivity contribution in [2.24, 2.45) is 10.9 Å². The minimum Gasteiger partial charge on any atom is -0.493 e. The molecule has 0 radical (unpaired) electrons. The second-order valence-corrected chi connectivity index (χ2v) is 6.60. The monoisotopic (exact) mass is 490 g/mol. The molecule has 1 fully saturated rings. The molecule has 1 unspecified atom stereocenters. The Bertz CT molecular complexity index is 583. The van der Waals surface area contributed by atoms with Gasteiger partial charge in [-0.05, 0) is 57.8 Å². The molecule has 1 aliphatic rings. The summed E-state index contributed by atoms with van der Waals surface area (Å²) < 4.78 is 11.0. The summed E-state index contributed by atoms with van der Waals surface area (Å²) in [5.41, 5.74) is 0.934. The van der Waals surface area contributed by atoms with E-state index < -0.39 is 0 Å². The van der Waals surface area contributed by atoms with Crippen molar-refractivity contribution in [3.05, 3.63) is 18.2 Å². The van der Waals surface area contributed by atoms with Gasteiger partial charge in [0.05, 0.1) is 13.7 Å². The third-order valence-electron chi connectivity index (χ3n) is 4.49. The van der Waals surface area contributed by atoms with E-state index in [0.717, 1.165) is 42.8 Å². The van der Waals surface area contributed by atoms with E-state index in [0.29, 0.717) is 12.5 Å². The average Bonchev–Trinajstić information content (AvgIpc) is 3.09. The highest BCUT2D eigenvalue weighted by molar-refractivity contribution is 14.0. The molecule has 2 rings (SSSR count). The molecule has 0 spiro atoms. The molecular formula is C20H35IN4O2. The van der Waals surface area contributed by atoms with Gasteiger partial charge in [-0.1, -0.05) is 6.92 Å². The van der Waals surface area contributed by atoms with Gasteiger partial charge in [0, 0.05) is 31.4 Å². The third-order valence-corrected chi connectivity index (χ3v) is 4.49. The number of rotatable bonds is 9. The van der Waals surface area contributed by atoms with E-state index in [2.05, 4.69) is 29.4 Å². The van der Waals surface area contributed by atoms with E-state index in [4.69, 9.17) is 14.5 Å². The Morgan fingerprint density at radius 1 is 1.26 bits per heavy atom. The number of benzene rings is 1. The van der Waals surface area contributed by atoms with Gasteiger partial charge in [0.25, 0.3) is 0 Å². The number of hydrogen-bond donors (Lipinski definition) is 2. The molecule has 0 aliphatic carbocycles. The molecule has 1 aromatic rings. The molecule has 0 bridgehead atoms. The summed E-state index contributed by atoms with van der Waals surface area (Å²) in [6, 6.07) is 5.85. The van der Waals surface area contributed by atoms with Gasteiger partial charge < -0.3 is 25.0 Å². The molecule has 27 heavy (non-hydrogen) atoms. The van der Waals surface area contributed by atoms with Crippen LogP contribution in [-0.4, -0.2) is 57.3 Å². The number of hydrogen-bond acceptors (Lipinski definition) is 4. The fourth-order valence-corrected chi connectivity index (χ4v) is 3.27. The van der Waals surface area contributed by atoms with Gasteiger partial charge in [-0.3, -0.25) is 4.99 Å². The molecule has 7 heteroatoms. The molecule has 0 aromatic heterocycles. The van der Waals surface area contributed by atoms with Gasteiger partial charge in [-0.25, -0.2) is 0 Å². The number of nitrogens with one attached hydrogen (secondary N) is 2. The number of halogens is 1. The first-order valence-corrected chi connectivity index (χ1v) is 9.78. The van der Waals surface area contributed by atoms with Crippen molar-refractivity contribution in [3.63, 3.8) is 0 Å². The molecule has 0 saturated carbocycles. The molecule has 1 saturated heterocycles. The number of methoxy groups -OCH3 is 1. The van der Waals surface area contributed by atoms with Gasteiger partial charge >= 0.3 is 0 Å². The molecular weight excluding hydrogens is 455 g/mol. The van der Waals surface area contributed by atoms with Crippen LogP contribution in [-0.2, 0) is 0 Å². The van der Waals surface area contributed by atoms with Crippen molar-refractivity contribution in [3.8, 4) is 11.5 Å². The van der Waals surface area contributed by atoms with Gasteiger partial charge in [0.2, 0.25) is 0 Å². The van der Waals surface area contributed by atoms with Crippen LogP contribution < -0.4 is 20.1 Å². The van der Waals surface area contributed by atoms with Gasteiger partial charge in [0.15, 0.2) is 17.5 Å². The summed E-state index contributed by atoms with van der Waals surface area (Å²) in [6.45, 7) is 12.1. The topological polar surface area (TPSA) is 58.1 Å². The first-order valence-electron chi connectivity index (χ1n) is 9.78. The Hall–Kier alpha value is -1.22. The summed E-state index contributed by atoms with van der Waals surface area (Å²) in [6.07, 6.45) is 2.46. The Labute approximate surface area is 181 Å². The SMILES string of the molecule is CCCN1CCC(CN=C(NCC)Nc2ccc(OCC)c(OC)c2)C1.I. The zero-order valence-corrected chi connectivity index (χ0v) is 19.4. The van der Waals surface area contributed by atoms with E-state index in [1.807, 2.05) is 25.1 Å². The van der Waals surface area contributed by atoms with E-state index in [9.17, 15) is 0 Å². The summed E-state index contributed by atoms with van der Waals surface area (Å²) in [4.78, 5) is 7.33. The normalized spacial score (nSPS) is 17.3. The van der Waals surface area contributed by atoms with Crippen LogP contribution in [0.2, 0.25) is 0 Å². The van der Waals surface area contributed by atoms with Crippen LogP contribution >= 0.6 is 24.0 Å². The maximum Gasteiger partial charge on any atom is 0.195 e. The minimum atomic E-state index is 0. The molecule has 2 N–H and O–H groups in total. The third kappa shape index (κ3) is 7.73. The predicted octanol–water partition coefficient (Wildman–Crippen LogP) is 3.82. The first-order chi connectivity index (χ1) is 12.7. The number of nitrogens with zero attached hydrogens (tertiary/aromatic N) is 2. The van der Waals surface area contributed by atoms with Crippen molar-refractivity contribution < 1.29 is 9.47 Å². The number of likely N-dealkylation sites (tertiary alicyclic amines) is 1. The summed E-state index contributed by atoms with van der Waals surface area (Å²) in [5, 5.41) is 6.70. The molecule has 0 amide bonds. The largest absolute Gasteiger partial charge is 0.493 e. The fraction of sp³-hybridized carbons (Fsp3) is 0.650. The number of ether oxygens (including phenoxy) is 2. The van der Waals surface area contributed by atoms with E-state index in [1.54, 1.807) is 7.11 Å². The summed E-state index contributed by atoms with van der Waals surface area (Å²) in [5.74, 6) is 2.93. The second-order valence-electron chi connectivity index (χ2n) is 6.60. The van der Waals surface area contributed by atoms with Crippen molar-refractivity contribution in [2.75, 3.05) is 51.8 Å². The van der Waals surface area contributed by atoms with Gasteiger partial charge in [-0.15, -0.1) is 24.0 Å². The Morgan fingerprint density at radius 3 is 2.74 bits per heavy atom. The first kappa shape index (κ1) is 23.8. The van der Waals surface area contributed by atoms with Crippen LogP contribution in [0, 0.1) is 5.92 Å². The Morgan fingerprint density at radius 2 is 2.07 bits per heavy atom. The quantitative estimate of drug-likeness (QED) is 0.313. The second kappa shape index (κ2) is 13.0. The highest BCUT2D eigenvalue weighted by atomic mass is 127. The summed E-state index contributed by atoms with van der Waals surface area (Å²) in [7, 11) is 1.66. The lowest BCUT2D eigenvalue weighted by Gasteiger charge is -2.16. The van der Waals surface area contributed by atoms with Crippen LogP contribution in [0.3, 0.4) is 0 Å². The van der Waals surface area contributed by atoms with Crippen LogP contribution in [0.5, 0.6) is 11.5 Å². The lowest BCUT2D eigenvalue weighted by molar-refractivity contribution is 0.311. The van der Waals surface area contributed by atoms with Crippen LogP contribution in [0.1, 0.15) is 33.6 Å². The smallest absolute Gasteiger partial charge is 0.195 e. The highest BCUT2D eigenvalue weighted by Crippen LogP contribution is 2.30. The van der Waals surface area contributed by atoms with Crippen LogP contribution in [0.15, 0.2) is 23.2 Å². The molecule has 154 valence electrons. The molecule has 1 heterocycles. The van der Waals surface area contributed by atoms with Gasteiger partial charge in [-0.2, -0.15) is 0 Å². The minimum absolute atomic E-state index is 0. The number of aliphatic imine (C=N–C) groups is 1. The molecule has 1 aromatic carbocycles. The molecule has 6 nitrogen and oxygen atoms in total. The summed E-state index contributed by atoms with van der Waals surface area (Å²) >= 11 is 0.